The molecule has 0 aliphatic heterocycles. The molecule has 0 atom stereocenters. The number of carboxylic acid groups (broad SMARTS) is 1. The summed E-state index contributed by atoms with van der Waals surface area (Å²) in [6, 6.07) is 0. The Bertz CT molecular complexity index is 225. The Morgan fingerprint density at radius 1 is 1.42 bits per heavy atom. The highest BCUT2D eigenvalue weighted by Gasteiger charge is 2.53. The van der Waals surface area contributed by atoms with Gasteiger partial charge in [0.25, 0.3) is 6.43 Å². The molecular weight excluding hydrogens is 172 g/mol. The molecule has 0 aromatic heterocycles. The Morgan fingerprint density at radius 3 is 2.17 bits per heavy atom. The van der Waals surface area contributed by atoms with Gasteiger partial charge in [-0.2, -0.15) is 0 Å². The van der Waals surface area contributed by atoms with Crippen molar-refractivity contribution in [2.24, 2.45) is 0 Å². The van der Waals surface area contributed by atoms with Crippen LogP contribution in [-0.2, 0) is 9.59 Å². The van der Waals surface area contributed by atoms with Gasteiger partial charge in [0.1, 0.15) is 5.54 Å². The van der Waals surface area contributed by atoms with Crippen molar-refractivity contribution >= 4 is 11.9 Å². The van der Waals surface area contributed by atoms with Gasteiger partial charge in [0.15, 0.2) is 0 Å². The molecule has 68 valence electrons. The molecule has 0 radical (unpaired) electrons. The fraction of sp³-hybridized carbons (Fsp3) is 0.667. The number of carbonyl (C=O) groups excluding carboxylic acids is 1. The lowest BCUT2D eigenvalue weighted by atomic mass is 10.3. The summed E-state index contributed by atoms with van der Waals surface area (Å²) in [5.74, 6) is -3.10. The van der Waals surface area contributed by atoms with Gasteiger partial charge < -0.3 is 10.4 Å². The lowest BCUT2D eigenvalue weighted by Gasteiger charge is -2.13. The van der Waals surface area contributed by atoms with E-state index in [9.17, 15) is 18.4 Å². The van der Waals surface area contributed by atoms with Crippen molar-refractivity contribution in [1.29, 1.82) is 0 Å². The monoisotopic (exact) mass is 179 g/mol. The van der Waals surface area contributed by atoms with Crippen molar-refractivity contribution in [3.8, 4) is 0 Å². The molecule has 12 heavy (non-hydrogen) atoms. The largest absolute Gasteiger partial charge is 0.474 e. The van der Waals surface area contributed by atoms with Crippen LogP contribution in [0.5, 0.6) is 0 Å². The molecule has 1 amide bonds. The first-order valence-electron chi connectivity index (χ1n) is 3.31. The van der Waals surface area contributed by atoms with Crippen molar-refractivity contribution in [2.75, 3.05) is 0 Å². The van der Waals surface area contributed by atoms with E-state index in [4.69, 9.17) is 5.11 Å². The van der Waals surface area contributed by atoms with Crippen molar-refractivity contribution < 1.29 is 23.5 Å². The molecule has 0 unspecified atom stereocenters. The maximum absolute atomic E-state index is 12.1. The molecule has 0 spiro atoms. The van der Waals surface area contributed by atoms with E-state index < -0.39 is 23.8 Å². The molecule has 0 aromatic carbocycles. The molecule has 1 rings (SSSR count). The number of alkyl halides is 2. The van der Waals surface area contributed by atoms with Crippen LogP contribution in [0.3, 0.4) is 0 Å². The fourth-order valence-electron chi connectivity index (χ4n) is 0.812. The van der Waals surface area contributed by atoms with E-state index in [2.05, 4.69) is 0 Å². The first-order chi connectivity index (χ1) is 5.48. The van der Waals surface area contributed by atoms with Crippen LogP contribution in [0.1, 0.15) is 12.8 Å². The number of carbonyl (C=O) groups is 2. The minimum atomic E-state index is -2.69. The van der Waals surface area contributed by atoms with Crippen LogP contribution in [0.25, 0.3) is 0 Å². The molecule has 6 heteroatoms. The van der Waals surface area contributed by atoms with Crippen LogP contribution in [0.2, 0.25) is 0 Å². The highest BCUT2D eigenvalue weighted by Crippen LogP contribution is 2.40. The summed E-state index contributed by atoms with van der Waals surface area (Å²) < 4.78 is 24.2. The zero-order valence-corrected chi connectivity index (χ0v) is 6.01. The Kier molecular flexibility index (Phi) is 1.99. The van der Waals surface area contributed by atoms with E-state index in [0.29, 0.717) is 0 Å². The van der Waals surface area contributed by atoms with Gasteiger partial charge in [-0.15, -0.1) is 0 Å². The second-order valence-electron chi connectivity index (χ2n) is 2.72. The first kappa shape index (κ1) is 8.89. The van der Waals surface area contributed by atoms with Crippen LogP contribution in [0, 0.1) is 0 Å². The number of carboxylic acids is 1. The van der Waals surface area contributed by atoms with E-state index in [0.717, 1.165) is 0 Å². The second-order valence-corrected chi connectivity index (χ2v) is 2.72. The zero-order chi connectivity index (χ0) is 9.35. The van der Waals surface area contributed by atoms with Gasteiger partial charge in [-0.3, -0.25) is 4.79 Å². The molecule has 2 N–H and O–H groups in total. The van der Waals surface area contributed by atoms with Gasteiger partial charge in [-0.05, 0) is 12.8 Å². The average Bonchev–Trinajstić information content (AvgIpc) is 2.68. The molecule has 1 fully saturated rings. The molecule has 0 aromatic rings. The summed E-state index contributed by atoms with van der Waals surface area (Å²) in [5, 5.41) is 9.88. The van der Waals surface area contributed by atoms with E-state index in [1.165, 1.54) is 0 Å². The Balaban J connectivity index is 2.51. The summed E-state index contributed by atoms with van der Waals surface area (Å²) in [5.41, 5.74) is -1.56. The SMILES string of the molecule is O=C(O)C(=O)NC1(C(F)F)CC1. The van der Waals surface area contributed by atoms with Gasteiger partial charge in [0.05, 0.1) is 0 Å². The maximum atomic E-state index is 12.1. The number of amides is 1. The minimum Gasteiger partial charge on any atom is -0.474 e. The normalized spacial score (nSPS) is 18.9. The van der Waals surface area contributed by atoms with Crippen molar-refractivity contribution in [3.63, 3.8) is 0 Å². The molecule has 0 saturated heterocycles. The number of nitrogens with one attached hydrogen (secondary N) is 1. The predicted octanol–water partition coefficient (Wildman–Crippen LogP) is -0.0151. The third kappa shape index (κ3) is 1.51. The Hall–Kier alpha value is -1.20. The van der Waals surface area contributed by atoms with E-state index in [1.807, 2.05) is 0 Å². The van der Waals surface area contributed by atoms with Gasteiger partial charge in [0.2, 0.25) is 0 Å². The zero-order valence-electron chi connectivity index (χ0n) is 6.01. The predicted molar refractivity (Wildman–Crippen MR) is 33.7 cm³/mol. The van der Waals surface area contributed by atoms with Gasteiger partial charge in [-0.1, -0.05) is 0 Å². The smallest absolute Gasteiger partial charge is 0.394 e. The van der Waals surface area contributed by atoms with Crippen LogP contribution in [-0.4, -0.2) is 28.9 Å². The number of rotatable bonds is 2. The number of hydrogen-bond donors (Lipinski definition) is 2. The second kappa shape index (κ2) is 2.69. The van der Waals surface area contributed by atoms with Crippen LogP contribution in [0.4, 0.5) is 8.78 Å². The standard InChI is InChI=1S/C6H7F2NO3/c7-5(8)6(1-2-6)9-3(10)4(11)12/h5H,1-2H2,(H,9,10)(H,11,12). The van der Waals surface area contributed by atoms with E-state index in [-0.39, 0.29) is 12.8 Å². The van der Waals surface area contributed by atoms with Gasteiger partial charge in [0, 0.05) is 0 Å². The lowest BCUT2D eigenvalue weighted by molar-refractivity contribution is -0.151. The quantitative estimate of drug-likeness (QED) is 0.585. The first-order valence-corrected chi connectivity index (χ1v) is 3.31. The Morgan fingerprint density at radius 2 is 1.92 bits per heavy atom. The molecule has 1 aliphatic rings. The minimum absolute atomic E-state index is 0.143. The highest BCUT2D eigenvalue weighted by atomic mass is 19.3. The number of aliphatic carboxylic acids is 1. The van der Waals surface area contributed by atoms with Crippen LogP contribution >= 0.6 is 0 Å². The molecular formula is C6H7F2NO3. The molecule has 0 heterocycles. The van der Waals surface area contributed by atoms with E-state index in [1.54, 1.807) is 5.32 Å². The molecule has 1 aliphatic carbocycles. The molecule has 0 bridgehead atoms. The third-order valence-corrected chi connectivity index (χ3v) is 1.76. The summed E-state index contributed by atoms with van der Waals surface area (Å²) in [6.07, 6.45) is -2.41. The summed E-state index contributed by atoms with van der Waals surface area (Å²) in [4.78, 5) is 20.4. The average molecular weight is 179 g/mol. The van der Waals surface area contributed by atoms with E-state index >= 15 is 0 Å². The topological polar surface area (TPSA) is 66.4 Å². The Labute approximate surface area is 66.6 Å². The summed E-state index contributed by atoms with van der Waals surface area (Å²) >= 11 is 0. The highest BCUT2D eigenvalue weighted by molar-refractivity contribution is 6.31. The summed E-state index contributed by atoms with van der Waals surface area (Å²) in [6.45, 7) is 0. The summed E-state index contributed by atoms with van der Waals surface area (Å²) in [7, 11) is 0. The molecule has 4 nitrogen and oxygen atoms in total. The number of hydrogen-bond acceptors (Lipinski definition) is 2. The fourth-order valence-corrected chi connectivity index (χ4v) is 0.812. The third-order valence-electron chi connectivity index (χ3n) is 1.76. The van der Waals surface area contributed by atoms with Crippen molar-refractivity contribution in [2.45, 2.75) is 24.8 Å². The van der Waals surface area contributed by atoms with Crippen LogP contribution < -0.4 is 5.32 Å². The van der Waals surface area contributed by atoms with Crippen LogP contribution in [0.15, 0.2) is 0 Å². The lowest BCUT2D eigenvalue weighted by Crippen LogP contribution is -2.45. The van der Waals surface area contributed by atoms with Gasteiger partial charge in [-0.25, -0.2) is 13.6 Å². The van der Waals surface area contributed by atoms with Crippen molar-refractivity contribution in [3.05, 3.63) is 0 Å². The number of halogens is 2. The maximum Gasteiger partial charge on any atom is 0.394 e. The van der Waals surface area contributed by atoms with Gasteiger partial charge >= 0.3 is 11.9 Å². The van der Waals surface area contributed by atoms with Crippen molar-refractivity contribution in [1.82, 2.24) is 5.32 Å². The molecule has 1 saturated carbocycles.